The van der Waals surface area contributed by atoms with Gasteiger partial charge in [-0.15, -0.1) is 0 Å². The fourth-order valence-corrected chi connectivity index (χ4v) is 2.40. The molecular formula is C20H15Cl2NO. The number of rotatable bonds is 5. The Morgan fingerprint density at radius 3 is 2.42 bits per heavy atom. The molecule has 4 heteroatoms. The third kappa shape index (κ3) is 4.60. The summed E-state index contributed by atoms with van der Waals surface area (Å²) in [6, 6.07) is 19.3. The molecule has 0 fully saturated rings. The minimum absolute atomic E-state index is 0.474. The van der Waals surface area contributed by atoms with Crippen molar-refractivity contribution in [2.45, 2.75) is 6.61 Å². The first-order valence-electron chi connectivity index (χ1n) is 7.46. The summed E-state index contributed by atoms with van der Waals surface area (Å²) in [7, 11) is 0. The van der Waals surface area contributed by atoms with Crippen LogP contribution in [0.5, 0.6) is 5.75 Å². The smallest absolute Gasteiger partial charge is 0.121 e. The Morgan fingerprint density at radius 1 is 0.875 bits per heavy atom. The van der Waals surface area contributed by atoms with Gasteiger partial charge in [-0.1, -0.05) is 59.6 Å². The molecular weight excluding hydrogens is 341 g/mol. The van der Waals surface area contributed by atoms with E-state index in [0.717, 1.165) is 16.8 Å². The molecule has 0 radical (unpaired) electrons. The number of nitrogens with zero attached hydrogens (tertiary/aromatic N) is 1. The molecule has 0 saturated heterocycles. The average Bonchev–Trinajstić information content (AvgIpc) is 2.63. The van der Waals surface area contributed by atoms with Crippen molar-refractivity contribution in [3.63, 3.8) is 0 Å². The molecule has 0 unspecified atom stereocenters. The molecule has 0 atom stereocenters. The predicted octanol–water partition coefficient (Wildman–Crippen LogP) is 6.14. The van der Waals surface area contributed by atoms with Gasteiger partial charge in [0, 0.05) is 12.3 Å². The van der Waals surface area contributed by atoms with Crippen LogP contribution in [0.15, 0.2) is 66.9 Å². The fraction of sp³-hybridized carbons (Fsp3) is 0.0500. The average molecular weight is 356 g/mol. The summed E-state index contributed by atoms with van der Waals surface area (Å²) in [5, 5.41) is 1.01. The van der Waals surface area contributed by atoms with Crippen LogP contribution in [-0.2, 0) is 6.61 Å². The molecule has 0 saturated carbocycles. The van der Waals surface area contributed by atoms with Crippen LogP contribution in [0.2, 0.25) is 10.0 Å². The maximum absolute atomic E-state index is 5.98. The number of hydrogen-bond acceptors (Lipinski definition) is 2. The second-order valence-electron chi connectivity index (χ2n) is 5.19. The van der Waals surface area contributed by atoms with Crippen LogP contribution in [0.4, 0.5) is 0 Å². The molecule has 3 aromatic rings. The quantitative estimate of drug-likeness (QED) is 0.548. The lowest BCUT2D eigenvalue weighted by Crippen LogP contribution is -1.95. The third-order valence-electron chi connectivity index (χ3n) is 3.41. The van der Waals surface area contributed by atoms with E-state index in [1.54, 1.807) is 24.4 Å². The summed E-state index contributed by atoms with van der Waals surface area (Å²) in [6.45, 7) is 0.474. The van der Waals surface area contributed by atoms with Crippen LogP contribution in [-0.4, -0.2) is 4.98 Å². The van der Waals surface area contributed by atoms with Gasteiger partial charge in [-0.25, -0.2) is 0 Å². The highest BCUT2D eigenvalue weighted by Crippen LogP contribution is 2.26. The van der Waals surface area contributed by atoms with Gasteiger partial charge in [0.1, 0.15) is 12.4 Å². The number of ether oxygens (including phenoxy) is 1. The first-order chi connectivity index (χ1) is 11.7. The number of pyridine rings is 1. The van der Waals surface area contributed by atoms with Gasteiger partial charge >= 0.3 is 0 Å². The van der Waals surface area contributed by atoms with E-state index in [2.05, 4.69) is 4.98 Å². The molecule has 3 rings (SSSR count). The van der Waals surface area contributed by atoms with Crippen molar-refractivity contribution < 1.29 is 4.74 Å². The Balaban J connectivity index is 1.60. The van der Waals surface area contributed by atoms with Gasteiger partial charge in [-0.05, 0) is 41.5 Å². The normalized spacial score (nSPS) is 10.9. The lowest BCUT2D eigenvalue weighted by Gasteiger charge is -2.07. The van der Waals surface area contributed by atoms with Crippen molar-refractivity contribution in [2.24, 2.45) is 0 Å². The van der Waals surface area contributed by atoms with E-state index in [1.165, 1.54) is 0 Å². The molecule has 0 spiro atoms. The van der Waals surface area contributed by atoms with Gasteiger partial charge in [-0.2, -0.15) is 0 Å². The molecule has 2 nitrogen and oxygen atoms in total. The summed E-state index contributed by atoms with van der Waals surface area (Å²) in [5.41, 5.74) is 3.12. The van der Waals surface area contributed by atoms with Crippen molar-refractivity contribution in [3.8, 4) is 5.75 Å². The summed E-state index contributed by atoms with van der Waals surface area (Å²) in [4.78, 5) is 4.26. The Morgan fingerprint density at radius 2 is 1.71 bits per heavy atom. The first kappa shape index (κ1) is 16.6. The summed E-state index contributed by atoms with van der Waals surface area (Å²) in [5.74, 6) is 0.698. The summed E-state index contributed by atoms with van der Waals surface area (Å²) >= 11 is 11.9. The molecule has 24 heavy (non-hydrogen) atoms. The molecule has 0 amide bonds. The number of benzene rings is 2. The molecule has 0 aliphatic rings. The van der Waals surface area contributed by atoms with E-state index in [4.69, 9.17) is 27.9 Å². The van der Waals surface area contributed by atoms with Crippen LogP contribution in [0, 0.1) is 0 Å². The lowest BCUT2D eigenvalue weighted by molar-refractivity contribution is 0.306. The molecule has 1 aromatic heterocycles. The van der Waals surface area contributed by atoms with Crippen LogP contribution in [0.25, 0.3) is 12.2 Å². The topological polar surface area (TPSA) is 22.1 Å². The number of aromatic nitrogens is 1. The number of hydrogen-bond donors (Lipinski definition) is 0. The third-order valence-corrected chi connectivity index (χ3v) is 4.15. The molecule has 120 valence electrons. The SMILES string of the molecule is Clc1ccc(OCc2ccc(/C=C/c3ccccn3)cc2)cc1Cl. The van der Waals surface area contributed by atoms with Gasteiger partial charge in [-0.3, -0.25) is 4.98 Å². The highest BCUT2D eigenvalue weighted by atomic mass is 35.5. The van der Waals surface area contributed by atoms with Crippen molar-refractivity contribution in [3.05, 3.63) is 93.7 Å². The van der Waals surface area contributed by atoms with Crippen molar-refractivity contribution in [1.29, 1.82) is 0 Å². The standard InChI is InChI=1S/C20H15Cl2NO/c21-19-11-10-18(13-20(19)22)24-14-16-6-4-15(5-7-16)8-9-17-3-1-2-12-23-17/h1-13H,14H2/b9-8+. The highest BCUT2D eigenvalue weighted by Gasteiger charge is 2.01. The van der Waals surface area contributed by atoms with Crippen LogP contribution in [0.3, 0.4) is 0 Å². The van der Waals surface area contributed by atoms with E-state index in [0.29, 0.717) is 22.4 Å². The van der Waals surface area contributed by atoms with E-state index >= 15 is 0 Å². The second-order valence-corrected chi connectivity index (χ2v) is 6.01. The number of halogens is 2. The predicted molar refractivity (Wildman–Crippen MR) is 100 cm³/mol. The van der Waals surface area contributed by atoms with E-state index in [-0.39, 0.29) is 0 Å². The lowest BCUT2D eigenvalue weighted by atomic mass is 10.1. The molecule has 0 N–H and O–H groups in total. The largest absolute Gasteiger partial charge is 0.489 e. The molecule has 1 heterocycles. The maximum atomic E-state index is 5.98. The van der Waals surface area contributed by atoms with E-state index in [1.807, 2.05) is 54.6 Å². The highest BCUT2D eigenvalue weighted by molar-refractivity contribution is 6.42. The Labute approximate surface area is 151 Å². The molecule has 0 bridgehead atoms. The van der Waals surface area contributed by atoms with Gasteiger partial charge in [0.25, 0.3) is 0 Å². The van der Waals surface area contributed by atoms with Gasteiger partial charge in [0.2, 0.25) is 0 Å². The van der Waals surface area contributed by atoms with Crippen molar-refractivity contribution in [1.82, 2.24) is 4.98 Å². The van der Waals surface area contributed by atoms with E-state index in [9.17, 15) is 0 Å². The minimum atomic E-state index is 0.474. The van der Waals surface area contributed by atoms with Crippen molar-refractivity contribution in [2.75, 3.05) is 0 Å². The monoisotopic (exact) mass is 355 g/mol. The molecule has 0 aliphatic heterocycles. The zero-order valence-electron chi connectivity index (χ0n) is 12.8. The Hall–Kier alpha value is -2.29. The van der Waals surface area contributed by atoms with Gasteiger partial charge < -0.3 is 4.74 Å². The minimum Gasteiger partial charge on any atom is -0.489 e. The van der Waals surface area contributed by atoms with Gasteiger partial charge in [0.15, 0.2) is 0 Å². The summed E-state index contributed by atoms with van der Waals surface area (Å²) < 4.78 is 5.73. The molecule has 0 aliphatic carbocycles. The Kier molecular flexibility index (Phi) is 5.52. The van der Waals surface area contributed by atoms with Gasteiger partial charge in [0.05, 0.1) is 15.7 Å². The first-order valence-corrected chi connectivity index (χ1v) is 8.22. The Bertz CT molecular complexity index is 830. The van der Waals surface area contributed by atoms with E-state index < -0.39 is 0 Å². The zero-order valence-corrected chi connectivity index (χ0v) is 14.3. The van der Waals surface area contributed by atoms with Crippen LogP contribution in [0.1, 0.15) is 16.8 Å². The van der Waals surface area contributed by atoms with Crippen molar-refractivity contribution >= 4 is 35.4 Å². The molecule has 2 aromatic carbocycles. The van der Waals surface area contributed by atoms with Crippen LogP contribution >= 0.6 is 23.2 Å². The second kappa shape index (κ2) is 8.00. The van der Waals surface area contributed by atoms with Crippen LogP contribution < -0.4 is 4.74 Å². The maximum Gasteiger partial charge on any atom is 0.121 e. The summed E-state index contributed by atoms with van der Waals surface area (Å²) in [6.07, 6.45) is 5.80. The zero-order chi connectivity index (χ0) is 16.8. The fourth-order valence-electron chi connectivity index (χ4n) is 2.11.